The largest absolute Gasteiger partial charge is 0.490 e. The topological polar surface area (TPSA) is 108 Å². The van der Waals surface area contributed by atoms with Gasteiger partial charge in [-0.25, -0.2) is 13.1 Å². The van der Waals surface area contributed by atoms with E-state index in [2.05, 4.69) is 4.72 Å². The zero-order chi connectivity index (χ0) is 20.7. The Kier molecular flexibility index (Phi) is 7.36. The van der Waals surface area contributed by atoms with Crippen LogP contribution >= 0.6 is 0 Å². The van der Waals surface area contributed by atoms with Gasteiger partial charge in [0.05, 0.1) is 23.9 Å². The molecule has 0 heterocycles. The Morgan fingerprint density at radius 1 is 1.07 bits per heavy atom. The number of nitro benzene ring substituents is 1. The Morgan fingerprint density at radius 2 is 1.75 bits per heavy atom. The summed E-state index contributed by atoms with van der Waals surface area (Å²) in [6.45, 7) is 6.39. The first kappa shape index (κ1) is 21.6. The van der Waals surface area contributed by atoms with Crippen LogP contribution in [0, 0.1) is 10.1 Å². The smallest absolute Gasteiger partial charge is 0.269 e. The van der Waals surface area contributed by atoms with Gasteiger partial charge in [0.15, 0.2) is 11.5 Å². The van der Waals surface area contributed by atoms with Crippen molar-refractivity contribution in [2.75, 3.05) is 13.2 Å². The second-order valence-electron chi connectivity index (χ2n) is 6.10. The lowest BCUT2D eigenvalue weighted by Gasteiger charge is -2.17. The van der Waals surface area contributed by atoms with E-state index in [4.69, 9.17) is 9.47 Å². The summed E-state index contributed by atoms with van der Waals surface area (Å²) in [5.74, 6) is 0.792. The van der Waals surface area contributed by atoms with Crippen molar-refractivity contribution in [3.63, 3.8) is 0 Å². The molecule has 0 aromatic heterocycles. The summed E-state index contributed by atoms with van der Waals surface area (Å²) in [5.41, 5.74) is 0.915. The van der Waals surface area contributed by atoms with Gasteiger partial charge < -0.3 is 9.47 Å². The molecule has 0 bridgehead atoms. The zero-order valence-electron chi connectivity index (χ0n) is 16.0. The van der Waals surface area contributed by atoms with E-state index in [9.17, 15) is 18.5 Å². The van der Waals surface area contributed by atoms with Crippen LogP contribution in [0.25, 0.3) is 0 Å². The van der Waals surface area contributed by atoms with Gasteiger partial charge in [0, 0.05) is 18.2 Å². The van der Waals surface area contributed by atoms with Crippen molar-refractivity contribution in [3.8, 4) is 11.5 Å². The van der Waals surface area contributed by atoms with Crippen LogP contribution in [0.15, 0.2) is 42.5 Å². The molecule has 1 atom stereocenters. The molecule has 28 heavy (non-hydrogen) atoms. The highest BCUT2D eigenvalue weighted by atomic mass is 32.2. The maximum Gasteiger partial charge on any atom is 0.269 e. The van der Waals surface area contributed by atoms with Crippen molar-refractivity contribution in [3.05, 3.63) is 63.7 Å². The Labute approximate surface area is 164 Å². The maximum absolute atomic E-state index is 12.5. The van der Waals surface area contributed by atoms with Gasteiger partial charge >= 0.3 is 0 Å². The number of hydrogen-bond donors (Lipinski definition) is 1. The highest BCUT2D eigenvalue weighted by molar-refractivity contribution is 7.88. The number of benzene rings is 2. The molecule has 0 fully saturated rings. The average molecular weight is 408 g/mol. The summed E-state index contributed by atoms with van der Waals surface area (Å²) in [5, 5.41) is 10.9. The van der Waals surface area contributed by atoms with Crippen LogP contribution in [-0.4, -0.2) is 26.6 Å². The van der Waals surface area contributed by atoms with Crippen molar-refractivity contribution < 1.29 is 22.8 Å². The highest BCUT2D eigenvalue weighted by Crippen LogP contribution is 2.31. The predicted molar refractivity (Wildman–Crippen MR) is 106 cm³/mol. The number of sulfonamides is 1. The van der Waals surface area contributed by atoms with Crippen LogP contribution < -0.4 is 14.2 Å². The first-order chi connectivity index (χ1) is 13.3. The standard InChI is InChI=1S/C19H24N2O6S/c1-4-26-18-10-9-16(12-19(18)27-5-2)14(3)20-28(24,25)13-15-7-6-8-17(11-15)21(22)23/h6-12,14,20H,4-5,13H2,1-3H3/t14-/m0/s1. The molecule has 0 spiro atoms. The fourth-order valence-corrected chi connectivity index (χ4v) is 4.07. The van der Waals surface area contributed by atoms with Crippen LogP contribution in [0.3, 0.4) is 0 Å². The van der Waals surface area contributed by atoms with Crippen molar-refractivity contribution in [2.45, 2.75) is 32.6 Å². The van der Waals surface area contributed by atoms with Crippen molar-refractivity contribution in [1.82, 2.24) is 4.72 Å². The second-order valence-corrected chi connectivity index (χ2v) is 7.85. The SMILES string of the molecule is CCOc1ccc([C@H](C)NS(=O)(=O)Cc2cccc([N+](=O)[O-])c2)cc1OCC. The number of hydrogen-bond acceptors (Lipinski definition) is 6. The highest BCUT2D eigenvalue weighted by Gasteiger charge is 2.19. The summed E-state index contributed by atoms with van der Waals surface area (Å²) in [4.78, 5) is 10.3. The Morgan fingerprint density at radius 3 is 2.39 bits per heavy atom. The molecule has 152 valence electrons. The Hall–Kier alpha value is -2.65. The van der Waals surface area contributed by atoms with Crippen LogP contribution in [0.1, 0.15) is 37.9 Å². The van der Waals surface area contributed by atoms with Gasteiger partial charge in [-0.05, 0) is 44.0 Å². The number of non-ortho nitro benzene ring substituents is 1. The molecule has 0 aliphatic heterocycles. The molecule has 0 saturated carbocycles. The first-order valence-corrected chi connectivity index (χ1v) is 10.5. The number of nitrogens with zero attached hydrogens (tertiary/aromatic N) is 1. The lowest BCUT2D eigenvalue weighted by atomic mass is 10.1. The van der Waals surface area contributed by atoms with Crippen molar-refractivity contribution in [1.29, 1.82) is 0 Å². The molecule has 0 amide bonds. The van der Waals surface area contributed by atoms with Gasteiger partial charge in [0.2, 0.25) is 10.0 Å². The van der Waals surface area contributed by atoms with Crippen molar-refractivity contribution >= 4 is 15.7 Å². The van der Waals surface area contributed by atoms with E-state index in [0.29, 0.717) is 30.3 Å². The molecule has 0 unspecified atom stereocenters. The molecule has 0 aliphatic rings. The van der Waals surface area contributed by atoms with Gasteiger partial charge in [-0.1, -0.05) is 18.2 Å². The predicted octanol–water partition coefficient (Wildman–Crippen LogP) is 3.57. The summed E-state index contributed by atoms with van der Waals surface area (Å²) in [6, 6.07) is 10.3. The molecule has 9 heteroatoms. The van der Waals surface area contributed by atoms with Gasteiger partial charge in [-0.2, -0.15) is 0 Å². The molecule has 0 radical (unpaired) electrons. The number of ether oxygens (including phenoxy) is 2. The third-order valence-corrected chi connectivity index (χ3v) is 5.33. The minimum Gasteiger partial charge on any atom is -0.490 e. The lowest BCUT2D eigenvalue weighted by molar-refractivity contribution is -0.384. The van der Waals surface area contributed by atoms with Crippen molar-refractivity contribution in [2.24, 2.45) is 0 Å². The molecule has 0 aliphatic carbocycles. The summed E-state index contributed by atoms with van der Waals surface area (Å²) in [7, 11) is -3.71. The molecule has 2 aromatic carbocycles. The van der Waals surface area contributed by atoms with E-state index >= 15 is 0 Å². The van der Waals surface area contributed by atoms with E-state index in [1.54, 1.807) is 31.2 Å². The van der Waals surface area contributed by atoms with E-state index in [1.165, 1.54) is 18.2 Å². The van der Waals surface area contributed by atoms with Crippen LogP contribution in [0.2, 0.25) is 0 Å². The first-order valence-electron chi connectivity index (χ1n) is 8.88. The molecular formula is C19H24N2O6S. The molecule has 8 nitrogen and oxygen atoms in total. The van der Waals surface area contributed by atoms with E-state index in [0.717, 1.165) is 5.56 Å². The third kappa shape index (κ3) is 5.93. The normalized spacial score (nSPS) is 12.4. The minimum absolute atomic E-state index is 0.145. The van der Waals surface area contributed by atoms with E-state index < -0.39 is 21.0 Å². The van der Waals surface area contributed by atoms with Crippen LogP contribution in [-0.2, 0) is 15.8 Å². The van der Waals surface area contributed by atoms with E-state index in [1.807, 2.05) is 13.8 Å². The Bertz CT molecular complexity index is 930. The summed E-state index contributed by atoms with van der Waals surface area (Å²) < 4.78 is 38.7. The number of rotatable bonds is 10. The average Bonchev–Trinajstić information content (AvgIpc) is 2.62. The molecule has 2 rings (SSSR count). The monoisotopic (exact) mass is 408 g/mol. The van der Waals surface area contributed by atoms with E-state index in [-0.39, 0.29) is 11.4 Å². The zero-order valence-corrected chi connectivity index (χ0v) is 16.9. The van der Waals surface area contributed by atoms with Gasteiger partial charge in [-0.15, -0.1) is 0 Å². The second kappa shape index (κ2) is 9.52. The summed E-state index contributed by atoms with van der Waals surface area (Å²) >= 11 is 0. The number of nitrogens with one attached hydrogen (secondary N) is 1. The molecule has 0 saturated heterocycles. The fraction of sp³-hybridized carbons (Fsp3) is 0.368. The summed E-state index contributed by atoms with van der Waals surface area (Å²) in [6.07, 6.45) is 0. The lowest BCUT2D eigenvalue weighted by Crippen LogP contribution is -2.28. The maximum atomic E-state index is 12.5. The fourth-order valence-electron chi connectivity index (χ4n) is 2.70. The van der Waals surface area contributed by atoms with Gasteiger partial charge in [-0.3, -0.25) is 10.1 Å². The molecule has 1 N–H and O–H groups in total. The molecular weight excluding hydrogens is 384 g/mol. The number of nitro groups is 1. The quantitative estimate of drug-likeness (QED) is 0.476. The molecule has 2 aromatic rings. The van der Waals surface area contributed by atoms with Gasteiger partial charge in [0.25, 0.3) is 5.69 Å². The Balaban J connectivity index is 2.16. The van der Waals surface area contributed by atoms with Gasteiger partial charge in [0.1, 0.15) is 0 Å². The van der Waals surface area contributed by atoms with Crippen LogP contribution in [0.4, 0.5) is 5.69 Å². The van der Waals surface area contributed by atoms with Crippen LogP contribution in [0.5, 0.6) is 11.5 Å². The third-order valence-electron chi connectivity index (χ3n) is 3.90. The minimum atomic E-state index is -3.71.